The zero-order valence-electron chi connectivity index (χ0n) is 22.4. The van der Waals surface area contributed by atoms with Crippen LogP contribution in [0.25, 0.3) is 0 Å². The van der Waals surface area contributed by atoms with Crippen molar-refractivity contribution >= 4 is 27.0 Å². The normalized spacial score (nSPS) is 24.6. The van der Waals surface area contributed by atoms with Crippen LogP contribution in [0.4, 0.5) is 13.2 Å². The quantitative estimate of drug-likeness (QED) is 0.246. The van der Waals surface area contributed by atoms with Crippen molar-refractivity contribution < 1.29 is 36.0 Å². The number of aliphatic carboxylic acids is 1. The molecule has 0 aliphatic heterocycles. The molecule has 4 bridgehead atoms. The molecule has 7 rings (SSSR count). The fourth-order valence-corrected chi connectivity index (χ4v) is 9.16. The number of hydrogen-bond acceptors (Lipinski definition) is 4. The monoisotopic (exact) mass is 606 g/mol. The first-order chi connectivity index (χ1) is 19.3. The Morgan fingerprint density at radius 1 is 0.756 bits per heavy atom. The molecule has 0 amide bonds. The first kappa shape index (κ1) is 31.1. The summed E-state index contributed by atoms with van der Waals surface area (Å²) in [5.41, 5.74) is -0.283. The van der Waals surface area contributed by atoms with Crippen molar-refractivity contribution in [3.63, 3.8) is 0 Å². The van der Waals surface area contributed by atoms with Crippen LogP contribution < -0.4 is 0 Å². The summed E-state index contributed by atoms with van der Waals surface area (Å²) in [5.74, 6) is -0.543. The van der Waals surface area contributed by atoms with Crippen molar-refractivity contribution in [2.24, 2.45) is 23.2 Å². The average molecular weight is 607 g/mol. The zero-order chi connectivity index (χ0) is 29.7. The van der Waals surface area contributed by atoms with Crippen LogP contribution in [0.3, 0.4) is 0 Å². The molecule has 0 atom stereocenters. The van der Waals surface area contributed by atoms with E-state index >= 15 is 0 Å². The van der Waals surface area contributed by atoms with E-state index in [9.17, 15) is 36.0 Å². The summed E-state index contributed by atoms with van der Waals surface area (Å²) in [6.45, 7) is 0. The van der Waals surface area contributed by atoms with Gasteiger partial charge in [-0.25, -0.2) is 8.42 Å². The lowest BCUT2D eigenvalue weighted by Gasteiger charge is -2.54. The van der Waals surface area contributed by atoms with Crippen molar-refractivity contribution in [2.45, 2.75) is 59.4 Å². The largest absolute Gasteiger partial charge is 0.748 e. The number of carbonyl (C=O) groups is 1. The second-order valence-electron chi connectivity index (χ2n) is 11.1. The first-order valence-electron chi connectivity index (χ1n) is 13.5. The molecule has 4 fully saturated rings. The summed E-state index contributed by atoms with van der Waals surface area (Å²) in [4.78, 5) is 15.3. The molecule has 10 heteroatoms. The molecule has 3 aromatic rings. The molecule has 0 saturated heterocycles. The number of carboxylic acids is 1. The van der Waals surface area contributed by atoms with Crippen LogP contribution in [0.15, 0.2) is 106 Å². The Morgan fingerprint density at radius 3 is 1.29 bits per heavy atom. The topological polar surface area (TPSA) is 94.5 Å². The predicted molar refractivity (Wildman–Crippen MR) is 150 cm³/mol. The maximum atomic E-state index is 11.3. The number of alkyl halides is 3. The van der Waals surface area contributed by atoms with Gasteiger partial charge in [0.1, 0.15) is 15.9 Å². The van der Waals surface area contributed by atoms with Crippen molar-refractivity contribution in [2.75, 3.05) is 5.75 Å². The molecule has 0 heterocycles. The molecule has 0 radical (unpaired) electrons. The van der Waals surface area contributed by atoms with E-state index in [0.29, 0.717) is 0 Å². The molecule has 220 valence electrons. The Labute approximate surface area is 241 Å². The minimum Gasteiger partial charge on any atom is -0.748 e. The van der Waals surface area contributed by atoms with Crippen LogP contribution >= 0.6 is 0 Å². The van der Waals surface area contributed by atoms with Crippen molar-refractivity contribution in [3.8, 4) is 0 Å². The lowest BCUT2D eigenvalue weighted by molar-refractivity contribution is -0.164. The highest BCUT2D eigenvalue weighted by Gasteiger charge is 2.54. The Morgan fingerprint density at radius 2 is 1.07 bits per heavy atom. The Kier molecular flexibility index (Phi) is 9.87. The van der Waals surface area contributed by atoms with Gasteiger partial charge in [-0.3, -0.25) is 4.79 Å². The molecule has 0 aromatic heterocycles. The molecule has 41 heavy (non-hydrogen) atoms. The lowest BCUT2D eigenvalue weighted by atomic mass is 9.49. The molecule has 0 unspecified atom stereocenters. The summed E-state index contributed by atoms with van der Waals surface area (Å²) in [5, 5.41) is 9.28. The lowest BCUT2D eigenvalue weighted by Crippen LogP contribution is -2.49. The molecule has 4 saturated carbocycles. The van der Waals surface area contributed by atoms with E-state index in [1.165, 1.54) is 33.9 Å². The van der Waals surface area contributed by atoms with Gasteiger partial charge in [-0.2, -0.15) is 13.2 Å². The Hall–Kier alpha value is -2.82. The van der Waals surface area contributed by atoms with Crippen LogP contribution in [-0.2, 0) is 25.8 Å². The standard InChI is InChI=1S/C18H15S.C11H16O2.C2H3F3O3S/c1-4-10-16(11-5-1)19(17-12-6-2-7-13-17)18-14-8-3-9-15-18;12-10(13)11-4-7-1-8(5-11)3-9(2-7)6-11;3-2(4,5)1-9(6,7)8/h1-15H;7-9H,1-6H2,(H,12,13);1H2,(H,6,7,8)/q+1;;/p-1. The van der Waals surface area contributed by atoms with Crippen LogP contribution in [0.1, 0.15) is 38.5 Å². The van der Waals surface area contributed by atoms with Crippen LogP contribution in [0.2, 0.25) is 0 Å². The SMILES string of the molecule is O=C(O)C12CC3CC(CC(C3)C1)C2.O=S(=O)([O-])CC(F)(F)F.c1ccc([S+](c2ccccc2)c2ccccc2)cc1. The first-order valence-corrected chi connectivity index (χ1v) is 16.3. The smallest absolute Gasteiger partial charge is 0.401 e. The Balaban J connectivity index is 0.000000153. The second-order valence-corrected chi connectivity index (χ2v) is 14.5. The summed E-state index contributed by atoms with van der Waals surface area (Å²) in [7, 11) is -5.17. The van der Waals surface area contributed by atoms with Gasteiger partial charge in [-0.1, -0.05) is 54.6 Å². The third kappa shape index (κ3) is 8.83. The minimum absolute atomic E-state index is 0.0146. The molecule has 5 nitrogen and oxygen atoms in total. The maximum absolute atomic E-state index is 11.3. The van der Waals surface area contributed by atoms with E-state index in [2.05, 4.69) is 91.0 Å². The van der Waals surface area contributed by atoms with Gasteiger partial charge in [0.2, 0.25) is 0 Å². The highest BCUT2D eigenvalue weighted by Crippen LogP contribution is 2.60. The van der Waals surface area contributed by atoms with Gasteiger partial charge in [0, 0.05) is 0 Å². The van der Waals surface area contributed by atoms with Crippen molar-refractivity contribution in [3.05, 3.63) is 91.0 Å². The van der Waals surface area contributed by atoms with Crippen molar-refractivity contribution in [1.29, 1.82) is 0 Å². The summed E-state index contributed by atoms with van der Waals surface area (Å²) < 4.78 is 61.0. The zero-order valence-corrected chi connectivity index (χ0v) is 24.0. The van der Waals surface area contributed by atoms with Crippen LogP contribution in [0.5, 0.6) is 0 Å². The van der Waals surface area contributed by atoms with E-state index in [1.54, 1.807) is 0 Å². The number of carboxylic acid groups (broad SMARTS) is 1. The molecule has 4 aliphatic carbocycles. The van der Waals surface area contributed by atoms with Gasteiger partial charge in [0.15, 0.2) is 14.7 Å². The highest BCUT2D eigenvalue weighted by molar-refractivity contribution is 7.97. The van der Waals surface area contributed by atoms with Crippen LogP contribution in [-0.4, -0.2) is 36.0 Å². The average Bonchev–Trinajstić information content (AvgIpc) is 2.89. The fourth-order valence-electron chi connectivity index (χ4n) is 6.65. The maximum Gasteiger partial charge on any atom is 0.401 e. The van der Waals surface area contributed by atoms with Gasteiger partial charge in [-0.05, 0) is 92.7 Å². The predicted octanol–water partition coefficient (Wildman–Crippen LogP) is 7.16. The molecular weight excluding hydrogens is 573 g/mol. The number of hydrogen-bond donors (Lipinski definition) is 1. The fraction of sp³-hybridized carbons (Fsp3) is 0.387. The minimum atomic E-state index is -5.16. The molecule has 0 spiro atoms. The molecule has 3 aromatic carbocycles. The van der Waals surface area contributed by atoms with Gasteiger partial charge < -0.3 is 9.66 Å². The third-order valence-electron chi connectivity index (χ3n) is 7.77. The van der Waals surface area contributed by atoms with E-state index in [-0.39, 0.29) is 16.3 Å². The summed E-state index contributed by atoms with van der Waals surface area (Å²) >= 11 is 0. The van der Waals surface area contributed by atoms with E-state index in [4.69, 9.17) is 0 Å². The number of halogens is 3. The van der Waals surface area contributed by atoms with E-state index < -0.39 is 28.0 Å². The summed E-state index contributed by atoms with van der Waals surface area (Å²) in [6.07, 6.45) is 2.00. The number of rotatable bonds is 5. The van der Waals surface area contributed by atoms with Crippen molar-refractivity contribution in [1.82, 2.24) is 0 Å². The molecular formula is C31H33F3O5S2. The van der Waals surface area contributed by atoms with E-state index in [0.717, 1.165) is 37.0 Å². The second kappa shape index (κ2) is 13.0. The van der Waals surface area contributed by atoms with Gasteiger partial charge in [0.05, 0.1) is 16.3 Å². The summed E-state index contributed by atoms with van der Waals surface area (Å²) in [6, 6.07) is 32.2. The van der Waals surface area contributed by atoms with Gasteiger partial charge >= 0.3 is 12.1 Å². The molecule has 4 aliphatic rings. The van der Waals surface area contributed by atoms with Gasteiger partial charge in [0.25, 0.3) is 0 Å². The Bertz CT molecular complexity index is 1250. The van der Waals surface area contributed by atoms with E-state index in [1.807, 2.05) is 0 Å². The highest BCUT2D eigenvalue weighted by atomic mass is 32.2. The third-order valence-corrected chi connectivity index (χ3v) is 10.7. The number of benzene rings is 3. The van der Waals surface area contributed by atoms with Crippen LogP contribution in [0, 0.1) is 23.2 Å². The molecule has 1 N–H and O–H groups in total. The van der Waals surface area contributed by atoms with Gasteiger partial charge in [-0.15, -0.1) is 0 Å².